The molecule has 0 spiro atoms. The molecule has 0 aliphatic carbocycles. The molecule has 1 aromatic rings. The highest BCUT2D eigenvalue weighted by Crippen LogP contribution is 2.28. The van der Waals surface area contributed by atoms with Crippen LogP contribution in [0.25, 0.3) is 0 Å². The number of carbonyl (C=O) groups excluding carboxylic acids is 1. The topological polar surface area (TPSA) is 70.2 Å². The van der Waals surface area contributed by atoms with Crippen LogP contribution in [-0.2, 0) is 14.8 Å². The Hall–Kier alpha value is -1.35. The molecule has 0 bridgehead atoms. The molecule has 1 saturated heterocycles. The maximum atomic E-state index is 12.1. The summed E-state index contributed by atoms with van der Waals surface area (Å²) in [4.78, 5) is 16.1. The quantitative estimate of drug-likeness (QED) is 0.759. The Morgan fingerprint density at radius 3 is 2.42 bits per heavy atom. The molecule has 0 unspecified atom stereocenters. The van der Waals surface area contributed by atoms with Gasteiger partial charge in [-0.05, 0) is 25.2 Å². The van der Waals surface area contributed by atoms with Gasteiger partial charge in [-0.3, -0.25) is 4.79 Å². The number of amides is 1. The molecule has 1 aromatic carbocycles. The third-order valence-electron chi connectivity index (χ3n) is 3.89. The SMILES string of the molecule is CN1CCN(C(=O)COc2ccc(S(=O)(=O)N(C)C)cc2Cl)CC1. The summed E-state index contributed by atoms with van der Waals surface area (Å²) < 4.78 is 30.7. The molecule has 1 amide bonds. The summed E-state index contributed by atoms with van der Waals surface area (Å²) in [6.45, 7) is 2.90. The molecule has 24 heavy (non-hydrogen) atoms. The Bertz CT molecular complexity index is 701. The Balaban J connectivity index is 2.00. The van der Waals surface area contributed by atoms with Crippen molar-refractivity contribution in [3.8, 4) is 5.75 Å². The maximum absolute atomic E-state index is 12.1. The van der Waals surface area contributed by atoms with Crippen LogP contribution in [0.5, 0.6) is 5.75 Å². The zero-order chi connectivity index (χ0) is 17.9. The minimum absolute atomic E-state index is 0.0789. The van der Waals surface area contributed by atoms with E-state index in [-0.39, 0.29) is 28.2 Å². The zero-order valence-corrected chi connectivity index (χ0v) is 15.6. The normalized spacial score (nSPS) is 16.5. The third-order valence-corrected chi connectivity index (χ3v) is 6.00. The number of hydrogen-bond acceptors (Lipinski definition) is 5. The molecule has 134 valence electrons. The lowest BCUT2D eigenvalue weighted by molar-refractivity contribution is -0.134. The van der Waals surface area contributed by atoms with E-state index in [0.29, 0.717) is 13.1 Å². The van der Waals surface area contributed by atoms with E-state index in [9.17, 15) is 13.2 Å². The Morgan fingerprint density at radius 2 is 1.88 bits per heavy atom. The van der Waals surface area contributed by atoms with Crippen molar-refractivity contribution in [1.82, 2.24) is 14.1 Å². The van der Waals surface area contributed by atoms with Crippen molar-refractivity contribution in [2.45, 2.75) is 4.90 Å². The highest BCUT2D eigenvalue weighted by atomic mass is 35.5. The van der Waals surface area contributed by atoms with E-state index in [0.717, 1.165) is 17.4 Å². The van der Waals surface area contributed by atoms with Gasteiger partial charge in [0.25, 0.3) is 5.91 Å². The van der Waals surface area contributed by atoms with Crippen LogP contribution in [0, 0.1) is 0 Å². The van der Waals surface area contributed by atoms with Gasteiger partial charge in [0.1, 0.15) is 5.75 Å². The molecule has 7 nitrogen and oxygen atoms in total. The second-order valence-electron chi connectivity index (χ2n) is 5.85. The summed E-state index contributed by atoms with van der Waals surface area (Å²) in [6.07, 6.45) is 0. The van der Waals surface area contributed by atoms with Gasteiger partial charge in [-0.15, -0.1) is 0 Å². The number of nitrogens with zero attached hydrogens (tertiary/aromatic N) is 3. The minimum Gasteiger partial charge on any atom is -0.482 e. The van der Waals surface area contributed by atoms with E-state index in [1.807, 2.05) is 7.05 Å². The van der Waals surface area contributed by atoms with Gasteiger partial charge in [-0.1, -0.05) is 11.6 Å². The highest BCUT2D eigenvalue weighted by Gasteiger charge is 2.21. The van der Waals surface area contributed by atoms with Crippen molar-refractivity contribution in [3.63, 3.8) is 0 Å². The van der Waals surface area contributed by atoms with Crippen molar-refractivity contribution in [2.24, 2.45) is 0 Å². The van der Waals surface area contributed by atoms with Gasteiger partial charge in [-0.25, -0.2) is 12.7 Å². The summed E-state index contributed by atoms with van der Waals surface area (Å²) in [5, 5.41) is 0.157. The van der Waals surface area contributed by atoms with Gasteiger partial charge in [0.15, 0.2) is 6.61 Å². The minimum atomic E-state index is -3.56. The van der Waals surface area contributed by atoms with Crippen molar-refractivity contribution >= 4 is 27.5 Å². The molecule has 1 aliphatic rings. The Morgan fingerprint density at radius 1 is 1.25 bits per heavy atom. The van der Waals surface area contributed by atoms with Crippen LogP contribution in [0.2, 0.25) is 5.02 Å². The fourth-order valence-electron chi connectivity index (χ4n) is 2.26. The first-order valence-electron chi connectivity index (χ1n) is 7.53. The van der Waals surface area contributed by atoms with Gasteiger partial charge in [0.2, 0.25) is 10.0 Å². The van der Waals surface area contributed by atoms with Crippen molar-refractivity contribution < 1.29 is 17.9 Å². The van der Waals surface area contributed by atoms with Crippen molar-refractivity contribution in [3.05, 3.63) is 23.2 Å². The molecular formula is C15H22ClN3O4S. The van der Waals surface area contributed by atoms with Gasteiger partial charge in [0.05, 0.1) is 9.92 Å². The molecule has 2 rings (SSSR count). The first-order chi connectivity index (χ1) is 11.2. The number of piperazine rings is 1. The monoisotopic (exact) mass is 375 g/mol. The second-order valence-corrected chi connectivity index (χ2v) is 8.41. The average Bonchev–Trinajstić information content (AvgIpc) is 2.53. The van der Waals surface area contributed by atoms with E-state index in [2.05, 4.69) is 4.90 Å². The fourth-order valence-corrected chi connectivity index (χ4v) is 3.48. The van der Waals surface area contributed by atoms with E-state index >= 15 is 0 Å². The van der Waals surface area contributed by atoms with Crippen LogP contribution in [0.3, 0.4) is 0 Å². The second kappa shape index (κ2) is 7.69. The number of benzene rings is 1. The summed E-state index contributed by atoms with van der Waals surface area (Å²) in [5.41, 5.74) is 0. The number of rotatable bonds is 5. The van der Waals surface area contributed by atoms with Gasteiger partial charge in [0, 0.05) is 40.3 Å². The number of carbonyl (C=O) groups is 1. The van der Waals surface area contributed by atoms with Crippen LogP contribution in [0.1, 0.15) is 0 Å². The summed E-state index contributed by atoms with van der Waals surface area (Å²) in [7, 11) is 1.35. The fraction of sp³-hybridized carbons (Fsp3) is 0.533. The van der Waals surface area contributed by atoms with Gasteiger partial charge < -0.3 is 14.5 Å². The average molecular weight is 376 g/mol. The standard InChI is InChI=1S/C15H22ClN3O4S/c1-17(2)24(21,22)12-4-5-14(13(16)10-12)23-11-15(20)19-8-6-18(3)7-9-19/h4-5,10H,6-9,11H2,1-3H3. The molecule has 0 atom stereocenters. The zero-order valence-electron chi connectivity index (χ0n) is 14.0. The predicted molar refractivity (Wildman–Crippen MR) is 91.9 cm³/mol. The molecule has 0 radical (unpaired) electrons. The Kier molecular flexibility index (Phi) is 6.08. The number of likely N-dealkylation sites (N-methyl/N-ethyl adjacent to an activating group) is 1. The number of hydrogen-bond donors (Lipinski definition) is 0. The number of sulfonamides is 1. The molecule has 1 aliphatic heterocycles. The molecule has 9 heteroatoms. The van der Waals surface area contributed by atoms with Gasteiger partial charge in [-0.2, -0.15) is 0 Å². The molecule has 1 heterocycles. The summed E-state index contributed by atoms with van der Waals surface area (Å²) in [5.74, 6) is 0.181. The molecule has 0 saturated carbocycles. The molecule has 0 N–H and O–H groups in total. The largest absolute Gasteiger partial charge is 0.482 e. The summed E-state index contributed by atoms with van der Waals surface area (Å²) >= 11 is 6.09. The van der Waals surface area contributed by atoms with Crippen molar-refractivity contribution in [1.29, 1.82) is 0 Å². The maximum Gasteiger partial charge on any atom is 0.260 e. The first kappa shape index (κ1) is 19.0. The van der Waals surface area contributed by atoms with Gasteiger partial charge >= 0.3 is 0 Å². The lowest BCUT2D eigenvalue weighted by atomic mass is 10.3. The third kappa shape index (κ3) is 4.38. The predicted octanol–water partition coefficient (Wildman–Crippen LogP) is 0.743. The molecule has 1 fully saturated rings. The van der Waals surface area contributed by atoms with E-state index in [1.165, 1.54) is 32.3 Å². The van der Waals surface area contributed by atoms with Crippen LogP contribution in [-0.4, -0.2) is 82.4 Å². The first-order valence-corrected chi connectivity index (χ1v) is 9.35. The van der Waals surface area contributed by atoms with Crippen LogP contribution >= 0.6 is 11.6 Å². The highest BCUT2D eigenvalue weighted by molar-refractivity contribution is 7.89. The lowest BCUT2D eigenvalue weighted by Gasteiger charge is -2.32. The Labute approximate surface area is 147 Å². The lowest BCUT2D eigenvalue weighted by Crippen LogP contribution is -2.48. The summed E-state index contributed by atoms with van der Waals surface area (Å²) in [6, 6.07) is 4.21. The number of ether oxygens (including phenoxy) is 1. The smallest absolute Gasteiger partial charge is 0.260 e. The van der Waals surface area contributed by atoms with Crippen LogP contribution < -0.4 is 4.74 Å². The van der Waals surface area contributed by atoms with Crippen molar-refractivity contribution in [2.75, 3.05) is 53.9 Å². The molecular weight excluding hydrogens is 354 g/mol. The number of halogens is 1. The van der Waals surface area contributed by atoms with E-state index in [4.69, 9.17) is 16.3 Å². The van der Waals surface area contributed by atoms with Crippen LogP contribution in [0.15, 0.2) is 23.1 Å². The van der Waals surface area contributed by atoms with Crippen LogP contribution in [0.4, 0.5) is 0 Å². The molecule has 0 aromatic heterocycles. The van der Waals surface area contributed by atoms with E-state index < -0.39 is 10.0 Å². The van der Waals surface area contributed by atoms with E-state index in [1.54, 1.807) is 4.90 Å².